The van der Waals surface area contributed by atoms with Gasteiger partial charge >= 0.3 is 5.97 Å². The van der Waals surface area contributed by atoms with E-state index < -0.39 is 17.4 Å². The van der Waals surface area contributed by atoms with Gasteiger partial charge in [-0.05, 0) is 18.9 Å². The van der Waals surface area contributed by atoms with Gasteiger partial charge in [-0.3, -0.25) is 9.48 Å². The molecular formula is C14H21N3O4. The Kier molecular flexibility index (Phi) is 4.32. The first-order valence-corrected chi connectivity index (χ1v) is 7.11. The third kappa shape index (κ3) is 2.92. The van der Waals surface area contributed by atoms with Crippen molar-refractivity contribution in [3.63, 3.8) is 0 Å². The molecule has 7 heteroatoms. The maximum atomic E-state index is 12.4. The van der Waals surface area contributed by atoms with E-state index in [0.29, 0.717) is 18.8 Å². The molecule has 0 aliphatic carbocycles. The minimum Gasteiger partial charge on any atom is -0.479 e. The number of hydrogen-bond acceptors (Lipinski definition) is 4. The molecule has 1 fully saturated rings. The first kappa shape index (κ1) is 15.5. The molecule has 1 aliphatic heterocycles. The van der Waals surface area contributed by atoms with Crippen LogP contribution in [0.2, 0.25) is 0 Å². The molecule has 116 valence electrons. The van der Waals surface area contributed by atoms with Crippen molar-refractivity contribution in [2.45, 2.75) is 45.2 Å². The van der Waals surface area contributed by atoms with Crippen LogP contribution in [0, 0.1) is 0 Å². The molecule has 1 aromatic heterocycles. The lowest BCUT2D eigenvalue weighted by Gasteiger charge is -2.23. The fraction of sp³-hybridized carbons (Fsp3) is 0.643. The van der Waals surface area contributed by atoms with E-state index in [1.165, 1.54) is 0 Å². The standard InChI is InChI=1S/C14H21N3O4/c1-4-17-11(7-10(16-17)9(2)3)12(18)15-14(13(19)20)5-6-21-8-14/h7,9H,4-6,8H2,1-3H3,(H,15,18)(H,19,20). The fourth-order valence-electron chi connectivity index (χ4n) is 2.31. The number of hydrogen-bond donors (Lipinski definition) is 2. The van der Waals surface area contributed by atoms with Crippen LogP contribution < -0.4 is 5.32 Å². The lowest BCUT2D eigenvalue weighted by molar-refractivity contribution is -0.144. The molecule has 1 aliphatic rings. The molecule has 1 aromatic rings. The van der Waals surface area contributed by atoms with Crippen molar-refractivity contribution in [1.29, 1.82) is 0 Å². The number of carbonyl (C=O) groups excluding carboxylic acids is 1. The van der Waals surface area contributed by atoms with Gasteiger partial charge in [-0.1, -0.05) is 13.8 Å². The van der Waals surface area contributed by atoms with Gasteiger partial charge in [0.05, 0.1) is 12.3 Å². The molecule has 7 nitrogen and oxygen atoms in total. The summed E-state index contributed by atoms with van der Waals surface area (Å²) in [5.74, 6) is -1.29. The second-order valence-corrected chi connectivity index (χ2v) is 5.57. The number of rotatable bonds is 5. The molecule has 0 bridgehead atoms. The Labute approximate surface area is 123 Å². The number of nitrogens with one attached hydrogen (secondary N) is 1. The normalized spacial score (nSPS) is 21.7. The van der Waals surface area contributed by atoms with Crippen LogP contribution in [0.25, 0.3) is 0 Å². The van der Waals surface area contributed by atoms with Gasteiger partial charge in [-0.15, -0.1) is 0 Å². The van der Waals surface area contributed by atoms with Crippen molar-refractivity contribution >= 4 is 11.9 Å². The van der Waals surface area contributed by atoms with E-state index in [1.807, 2.05) is 20.8 Å². The molecule has 21 heavy (non-hydrogen) atoms. The Balaban J connectivity index is 2.25. The highest BCUT2D eigenvalue weighted by molar-refractivity contribution is 5.97. The summed E-state index contributed by atoms with van der Waals surface area (Å²) in [6.07, 6.45) is 0.269. The molecule has 2 heterocycles. The van der Waals surface area contributed by atoms with E-state index in [4.69, 9.17) is 4.74 Å². The number of ether oxygens (including phenoxy) is 1. The van der Waals surface area contributed by atoms with Crippen LogP contribution >= 0.6 is 0 Å². The van der Waals surface area contributed by atoms with Crippen molar-refractivity contribution in [3.8, 4) is 0 Å². The molecule has 1 amide bonds. The SMILES string of the molecule is CCn1nc(C(C)C)cc1C(=O)NC1(C(=O)O)CCOC1. The second-order valence-electron chi connectivity index (χ2n) is 5.57. The molecular weight excluding hydrogens is 274 g/mol. The van der Waals surface area contributed by atoms with Gasteiger partial charge in [0.15, 0.2) is 5.54 Å². The summed E-state index contributed by atoms with van der Waals surface area (Å²) in [4.78, 5) is 23.9. The van der Waals surface area contributed by atoms with Gasteiger partial charge in [-0.2, -0.15) is 5.10 Å². The molecule has 2 N–H and O–H groups in total. The van der Waals surface area contributed by atoms with Gasteiger partial charge in [0, 0.05) is 19.6 Å². The third-order valence-corrected chi connectivity index (χ3v) is 3.71. The van der Waals surface area contributed by atoms with Crippen molar-refractivity contribution in [3.05, 3.63) is 17.5 Å². The number of aliphatic carboxylic acids is 1. The number of carbonyl (C=O) groups is 2. The van der Waals surface area contributed by atoms with Crippen LogP contribution in [-0.4, -0.2) is 45.5 Å². The average molecular weight is 295 g/mol. The quantitative estimate of drug-likeness (QED) is 0.845. The second kappa shape index (κ2) is 5.85. The molecule has 0 aromatic carbocycles. The summed E-state index contributed by atoms with van der Waals surface area (Å²) in [7, 11) is 0. The van der Waals surface area contributed by atoms with Gasteiger partial charge in [0.25, 0.3) is 5.91 Å². The van der Waals surface area contributed by atoms with Crippen LogP contribution in [0.5, 0.6) is 0 Å². The average Bonchev–Trinajstić information content (AvgIpc) is 3.05. The Hall–Kier alpha value is -1.89. The molecule has 1 saturated heterocycles. The number of amides is 1. The zero-order valence-corrected chi connectivity index (χ0v) is 12.5. The van der Waals surface area contributed by atoms with E-state index in [1.54, 1.807) is 10.7 Å². The van der Waals surface area contributed by atoms with E-state index in [-0.39, 0.29) is 18.9 Å². The predicted octanol–water partition coefficient (Wildman–Crippen LogP) is 1.000. The summed E-state index contributed by atoms with van der Waals surface area (Å²) in [5.41, 5.74) is -0.138. The molecule has 0 saturated carbocycles. The third-order valence-electron chi connectivity index (χ3n) is 3.71. The zero-order chi connectivity index (χ0) is 15.6. The van der Waals surface area contributed by atoms with E-state index >= 15 is 0 Å². The Morgan fingerprint density at radius 3 is 2.76 bits per heavy atom. The van der Waals surface area contributed by atoms with Crippen LogP contribution in [0.1, 0.15) is 49.3 Å². The van der Waals surface area contributed by atoms with E-state index in [2.05, 4.69) is 10.4 Å². The highest BCUT2D eigenvalue weighted by Gasteiger charge is 2.44. The van der Waals surface area contributed by atoms with Gasteiger partial charge < -0.3 is 15.2 Å². The van der Waals surface area contributed by atoms with Crippen LogP contribution in [-0.2, 0) is 16.1 Å². The van der Waals surface area contributed by atoms with Crippen molar-refractivity contribution in [1.82, 2.24) is 15.1 Å². The van der Waals surface area contributed by atoms with Crippen LogP contribution in [0.15, 0.2) is 6.07 Å². The van der Waals surface area contributed by atoms with Gasteiger partial charge in [0.1, 0.15) is 5.69 Å². The largest absolute Gasteiger partial charge is 0.479 e. The predicted molar refractivity (Wildman–Crippen MR) is 75.3 cm³/mol. The monoisotopic (exact) mass is 295 g/mol. The highest BCUT2D eigenvalue weighted by atomic mass is 16.5. The van der Waals surface area contributed by atoms with Gasteiger partial charge in [0.2, 0.25) is 0 Å². The molecule has 0 radical (unpaired) electrons. The van der Waals surface area contributed by atoms with E-state index in [0.717, 1.165) is 5.69 Å². The lowest BCUT2D eigenvalue weighted by Crippen LogP contribution is -2.55. The summed E-state index contributed by atoms with van der Waals surface area (Å²) in [6, 6.07) is 1.72. The Bertz CT molecular complexity index is 544. The molecule has 0 spiro atoms. The number of aryl methyl sites for hydroxylation is 1. The number of nitrogens with zero attached hydrogens (tertiary/aromatic N) is 2. The van der Waals surface area contributed by atoms with E-state index in [9.17, 15) is 14.7 Å². The fourth-order valence-corrected chi connectivity index (χ4v) is 2.31. The maximum Gasteiger partial charge on any atom is 0.331 e. The van der Waals surface area contributed by atoms with Gasteiger partial charge in [-0.25, -0.2) is 4.79 Å². The number of aromatic nitrogens is 2. The van der Waals surface area contributed by atoms with Crippen molar-refractivity contribution < 1.29 is 19.4 Å². The first-order valence-electron chi connectivity index (χ1n) is 7.11. The summed E-state index contributed by atoms with van der Waals surface area (Å²) >= 11 is 0. The summed E-state index contributed by atoms with van der Waals surface area (Å²) < 4.78 is 6.73. The molecule has 2 rings (SSSR count). The van der Waals surface area contributed by atoms with Crippen molar-refractivity contribution in [2.75, 3.05) is 13.2 Å². The maximum absolute atomic E-state index is 12.4. The minimum absolute atomic E-state index is 0.00856. The van der Waals surface area contributed by atoms with Crippen LogP contribution in [0.3, 0.4) is 0 Å². The molecule has 1 unspecified atom stereocenters. The lowest BCUT2D eigenvalue weighted by atomic mass is 9.99. The smallest absolute Gasteiger partial charge is 0.331 e. The van der Waals surface area contributed by atoms with Crippen LogP contribution in [0.4, 0.5) is 0 Å². The minimum atomic E-state index is -1.34. The van der Waals surface area contributed by atoms with Crippen molar-refractivity contribution in [2.24, 2.45) is 0 Å². The Morgan fingerprint density at radius 2 is 2.29 bits per heavy atom. The first-order chi connectivity index (χ1) is 9.89. The topological polar surface area (TPSA) is 93.5 Å². The molecule has 1 atom stereocenters. The zero-order valence-electron chi connectivity index (χ0n) is 12.5. The number of carboxylic acids is 1. The number of carboxylic acid groups (broad SMARTS) is 1. The summed E-state index contributed by atoms with van der Waals surface area (Å²) in [6.45, 7) is 6.74. The summed E-state index contributed by atoms with van der Waals surface area (Å²) in [5, 5.41) is 16.3. The highest BCUT2D eigenvalue weighted by Crippen LogP contribution is 2.21. The Morgan fingerprint density at radius 1 is 1.57 bits per heavy atom.